The minimum Gasteiger partial charge on any atom is -0.508 e. The van der Waals surface area contributed by atoms with Gasteiger partial charge in [-0.1, -0.05) is 0 Å². The maximum Gasteiger partial charge on any atom is 0.186 e. The zero-order valence-electron chi connectivity index (χ0n) is 10.2. The molecule has 4 aromatic rings. The molecule has 20 heavy (non-hydrogen) atoms. The Labute approximate surface area is 111 Å². The average molecular weight is 267 g/mol. The summed E-state index contributed by atoms with van der Waals surface area (Å²) in [6.07, 6.45) is 0. The number of fused-ring (bicyclic) bond motifs is 4. The van der Waals surface area contributed by atoms with Gasteiger partial charge in [0.1, 0.15) is 17.1 Å². The van der Waals surface area contributed by atoms with E-state index in [1.54, 1.807) is 24.3 Å². The Kier molecular flexibility index (Phi) is 1.93. The van der Waals surface area contributed by atoms with Crippen LogP contribution in [0.25, 0.3) is 33.0 Å². The van der Waals surface area contributed by atoms with E-state index in [4.69, 9.17) is 4.42 Å². The van der Waals surface area contributed by atoms with Crippen LogP contribution in [0.5, 0.6) is 11.5 Å². The van der Waals surface area contributed by atoms with Crippen molar-refractivity contribution in [3.63, 3.8) is 0 Å². The van der Waals surface area contributed by atoms with Crippen LogP contribution in [0.2, 0.25) is 0 Å². The molecule has 3 N–H and O–H groups in total. The smallest absolute Gasteiger partial charge is 0.186 e. The van der Waals surface area contributed by atoms with E-state index in [9.17, 15) is 15.0 Å². The van der Waals surface area contributed by atoms with Gasteiger partial charge in [0.25, 0.3) is 0 Å². The molecule has 0 atom stereocenters. The second-order valence-corrected chi connectivity index (χ2v) is 4.70. The van der Waals surface area contributed by atoms with Crippen molar-refractivity contribution in [1.82, 2.24) is 4.98 Å². The van der Waals surface area contributed by atoms with Crippen molar-refractivity contribution in [2.75, 3.05) is 0 Å². The van der Waals surface area contributed by atoms with Crippen molar-refractivity contribution >= 4 is 33.0 Å². The third-order valence-corrected chi connectivity index (χ3v) is 3.35. The summed E-state index contributed by atoms with van der Waals surface area (Å²) in [7, 11) is 0. The Morgan fingerprint density at radius 2 is 1.85 bits per heavy atom. The first-order chi connectivity index (χ1) is 9.61. The number of rotatable bonds is 0. The fourth-order valence-electron chi connectivity index (χ4n) is 2.49. The molecule has 0 radical (unpaired) electrons. The minimum absolute atomic E-state index is 0.111. The van der Waals surface area contributed by atoms with Crippen LogP contribution < -0.4 is 5.43 Å². The molecule has 98 valence electrons. The molecule has 2 heterocycles. The van der Waals surface area contributed by atoms with Crippen molar-refractivity contribution in [2.24, 2.45) is 0 Å². The molecule has 5 heteroatoms. The number of furan rings is 1. The van der Waals surface area contributed by atoms with E-state index in [-0.39, 0.29) is 16.9 Å². The molecule has 4 rings (SSSR count). The first-order valence-corrected chi connectivity index (χ1v) is 6.03. The Bertz CT molecular complexity index is 1040. The molecular weight excluding hydrogens is 258 g/mol. The molecule has 2 aromatic carbocycles. The first kappa shape index (κ1) is 10.9. The zero-order valence-corrected chi connectivity index (χ0v) is 10.2. The lowest BCUT2D eigenvalue weighted by molar-refractivity contribution is 0.476. The highest BCUT2D eigenvalue weighted by atomic mass is 16.3. The van der Waals surface area contributed by atoms with Crippen LogP contribution in [0, 0.1) is 0 Å². The third-order valence-electron chi connectivity index (χ3n) is 3.35. The van der Waals surface area contributed by atoms with Crippen LogP contribution in [0.3, 0.4) is 0 Å². The van der Waals surface area contributed by atoms with Crippen molar-refractivity contribution in [3.05, 3.63) is 46.6 Å². The first-order valence-electron chi connectivity index (χ1n) is 6.03. The summed E-state index contributed by atoms with van der Waals surface area (Å²) in [5.74, 6) is 0.0479. The van der Waals surface area contributed by atoms with Gasteiger partial charge in [0.05, 0.1) is 10.9 Å². The Morgan fingerprint density at radius 1 is 1.00 bits per heavy atom. The normalized spacial score (nSPS) is 11.6. The molecule has 0 bridgehead atoms. The number of hydrogen-bond acceptors (Lipinski definition) is 4. The molecule has 0 spiro atoms. The maximum absolute atomic E-state index is 11.4. The summed E-state index contributed by atoms with van der Waals surface area (Å²) in [5, 5.41) is 20.7. The van der Waals surface area contributed by atoms with Gasteiger partial charge >= 0.3 is 0 Å². The van der Waals surface area contributed by atoms with Gasteiger partial charge in [0, 0.05) is 23.0 Å². The lowest BCUT2D eigenvalue weighted by atomic mass is 10.1. The van der Waals surface area contributed by atoms with Crippen LogP contribution in [-0.2, 0) is 0 Å². The number of aromatic hydroxyl groups is 2. The Balaban J connectivity index is 2.25. The van der Waals surface area contributed by atoms with Gasteiger partial charge in [-0.3, -0.25) is 4.79 Å². The quantitative estimate of drug-likeness (QED) is 0.457. The summed E-state index contributed by atoms with van der Waals surface area (Å²) >= 11 is 0. The van der Waals surface area contributed by atoms with Gasteiger partial charge in [-0.25, -0.2) is 0 Å². The van der Waals surface area contributed by atoms with Crippen molar-refractivity contribution in [1.29, 1.82) is 0 Å². The molecule has 0 aliphatic carbocycles. The number of aromatic nitrogens is 1. The van der Waals surface area contributed by atoms with Crippen LogP contribution in [-0.4, -0.2) is 15.2 Å². The highest BCUT2D eigenvalue weighted by Gasteiger charge is 2.13. The summed E-state index contributed by atoms with van der Waals surface area (Å²) < 4.78 is 5.59. The number of aromatic amines is 1. The van der Waals surface area contributed by atoms with Gasteiger partial charge in [-0.05, 0) is 24.3 Å². The highest BCUT2D eigenvalue weighted by molar-refractivity contribution is 6.08. The van der Waals surface area contributed by atoms with Crippen molar-refractivity contribution < 1.29 is 14.6 Å². The van der Waals surface area contributed by atoms with E-state index in [0.29, 0.717) is 22.1 Å². The third kappa shape index (κ3) is 1.40. The lowest BCUT2D eigenvalue weighted by Crippen LogP contribution is -1.93. The number of phenolic OH excluding ortho intramolecular Hbond substituents is 2. The van der Waals surface area contributed by atoms with E-state index < -0.39 is 0 Å². The average Bonchev–Trinajstić information content (AvgIpc) is 2.72. The topological polar surface area (TPSA) is 86.5 Å². The number of H-pyrrole nitrogens is 1. The molecule has 0 aliphatic heterocycles. The number of pyridine rings is 1. The summed E-state index contributed by atoms with van der Waals surface area (Å²) in [4.78, 5) is 14.5. The zero-order chi connectivity index (χ0) is 13.9. The molecule has 2 aromatic heterocycles. The van der Waals surface area contributed by atoms with Crippen LogP contribution in [0.15, 0.2) is 45.6 Å². The molecule has 0 saturated carbocycles. The number of phenols is 2. The van der Waals surface area contributed by atoms with E-state index >= 15 is 0 Å². The molecule has 0 amide bonds. The molecule has 0 saturated heterocycles. The largest absolute Gasteiger partial charge is 0.508 e. The number of hydrogen-bond donors (Lipinski definition) is 3. The standard InChI is InChI=1S/C15H9NO4/c17-8-1-2-10-7(3-8)4-13-15(16-10)14-11(19)5-9(18)6-12(14)20-13/h1-6,16-17,19H. The molecule has 5 nitrogen and oxygen atoms in total. The summed E-state index contributed by atoms with van der Waals surface area (Å²) in [5.41, 5.74) is 1.95. The van der Waals surface area contributed by atoms with Crippen LogP contribution in [0.1, 0.15) is 0 Å². The van der Waals surface area contributed by atoms with Crippen LogP contribution in [0.4, 0.5) is 0 Å². The Morgan fingerprint density at radius 3 is 2.70 bits per heavy atom. The molecular formula is C15H9NO4. The van der Waals surface area contributed by atoms with Gasteiger partial charge in [-0.2, -0.15) is 0 Å². The van der Waals surface area contributed by atoms with Gasteiger partial charge in [-0.15, -0.1) is 0 Å². The monoisotopic (exact) mass is 267 g/mol. The predicted molar refractivity (Wildman–Crippen MR) is 75.2 cm³/mol. The fraction of sp³-hybridized carbons (Fsp3) is 0. The molecule has 0 aliphatic rings. The van der Waals surface area contributed by atoms with E-state index in [1.807, 2.05) is 0 Å². The van der Waals surface area contributed by atoms with Crippen molar-refractivity contribution in [3.8, 4) is 11.5 Å². The fourth-order valence-corrected chi connectivity index (χ4v) is 2.49. The van der Waals surface area contributed by atoms with Gasteiger partial charge in [0.15, 0.2) is 11.0 Å². The van der Waals surface area contributed by atoms with Gasteiger partial charge < -0.3 is 19.6 Å². The molecule has 0 fully saturated rings. The summed E-state index contributed by atoms with van der Waals surface area (Å²) in [6.45, 7) is 0. The lowest BCUT2D eigenvalue weighted by Gasteiger charge is -2.00. The highest BCUT2D eigenvalue weighted by Crippen LogP contribution is 2.34. The number of nitrogens with one attached hydrogen (secondary N) is 1. The molecule has 0 unspecified atom stereocenters. The van der Waals surface area contributed by atoms with Crippen molar-refractivity contribution in [2.45, 2.75) is 0 Å². The Hall–Kier alpha value is -2.95. The van der Waals surface area contributed by atoms with E-state index in [1.165, 1.54) is 6.07 Å². The van der Waals surface area contributed by atoms with Crippen LogP contribution >= 0.6 is 0 Å². The maximum atomic E-state index is 11.4. The van der Waals surface area contributed by atoms with E-state index in [2.05, 4.69) is 4.98 Å². The predicted octanol–water partition coefficient (Wildman–Crippen LogP) is 2.84. The second-order valence-electron chi connectivity index (χ2n) is 4.70. The minimum atomic E-state index is -0.309. The SMILES string of the molecule is O=c1cc(O)c2c(c1)oc1cc3cc(O)ccc3[nH]c12. The second kappa shape index (κ2) is 3.54. The number of benzene rings is 2. The summed E-state index contributed by atoms with van der Waals surface area (Å²) in [6, 6.07) is 9.17. The van der Waals surface area contributed by atoms with E-state index in [0.717, 1.165) is 17.0 Å². The van der Waals surface area contributed by atoms with Gasteiger partial charge in [0.2, 0.25) is 0 Å².